The number of benzene rings is 1. The molecule has 10 heteroatoms. The first-order valence-corrected chi connectivity index (χ1v) is 8.45. The summed E-state index contributed by atoms with van der Waals surface area (Å²) in [6, 6.07) is 4.63. The minimum Gasteiger partial charge on any atom is -0.465 e. The number of ether oxygens (including phenoxy) is 2. The van der Waals surface area contributed by atoms with E-state index in [0.717, 1.165) is 7.11 Å². The van der Waals surface area contributed by atoms with Crippen LogP contribution in [-0.4, -0.2) is 55.2 Å². The normalized spacial score (nSPS) is 18.8. The maximum atomic E-state index is 13.2. The number of nitrogens with zero attached hydrogens (tertiary/aromatic N) is 3. The van der Waals surface area contributed by atoms with E-state index in [9.17, 15) is 14.4 Å². The van der Waals surface area contributed by atoms with Crippen molar-refractivity contribution in [2.75, 3.05) is 26.2 Å². The van der Waals surface area contributed by atoms with E-state index in [4.69, 9.17) is 32.7 Å². The first kappa shape index (κ1) is 19.1. The molecule has 0 bridgehead atoms. The molecule has 1 unspecified atom stereocenters. The molecule has 2 aliphatic heterocycles. The number of carbonyl (C=O) groups is 3. The molecule has 0 spiro atoms. The van der Waals surface area contributed by atoms with Crippen LogP contribution in [0.5, 0.6) is 0 Å². The lowest BCUT2D eigenvalue weighted by atomic mass is 10.1. The number of carbonyl (C=O) groups excluding carboxylic acids is 3. The van der Waals surface area contributed by atoms with Crippen molar-refractivity contribution in [2.24, 2.45) is 0 Å². The zero-order chi connectivity index (χ0) is 19.9. The molecular formula is C17H15Cl2N3O5. The lowest BCUT2D eigenvalue weighted by Crippen LogP contribution is -2.59. The number of halogens is 2. The average molecular weight is 412 g/mol. The lowest BCUT2D eigenvalue weighted by Gasteiger charge is -2.43. The van der Waals surface area contributed by atoms with Crippen LogP contribution in [0.2, 0.25) is 10.0 Å². The van der Waals surface area contributed by atoms with Gasteiger partial charge in [0, 0.05) is 25.1 Å². The molecule has 0 aliphatic carbocycles. The van der Waals surface area contributed by atoms with Crippen molar-refractivity contribution >= 4 is 46.7 Å². The highest BCUT2D eigenvalue weighted by atomic mass is 35.5. The summed E-state index contributed by atoms with van der Waals surface area (Å²) >= 11 is 12.1. The van der Waals surface area contributed by atoms with Crippen LogP contribution in [0.3, 0.4) is 0 Å². The van der Waals surface area contributed by atoms with E-state index < -0.39 is 29.7 Å². The van der Waals surface area contributed by atoms with Gasteiger partial charge in [-0.05, 0) is 18.2 Å². The lowest BCUT2D eigenvalue weighted by molar-refractivity contribution is -0.143. The highest BCUT2D eigenvalue weighted by molar-refractivity contribution is 6.42. The van der Waals surface area contributed by atoms with Gasteiger partial charge in [-0.1, -0.05) is 23.2 Å². The molecule has 2 aliphatic rings. The number of esters is 2. The molecule has 0 fully saturated rings. The van der Waals surface area contributed by atoms with Crippen LogP contribution in [0.25, 0.3) is 0 Å². The third-order valence-corrected chi connectivity index (χ3v) is 4.92. The van der Waals surface area contributed by atoms with Gasteiger partial charge in [-0.15, -0.1) is 0 Å². The summed E-state index contributed by atoms with van der Waals surface area (Å²) in [6.07, 6.45) is 2.49. The summed E-state index contributed by atoms with van der Waals surface area (Å²) in [5.74, 6) is -2.51. The van der Waals surface area contributed by atoms with Gasteiger partial charge < -0.3 is 19.3 Å². The predicted molar refractivity (Wildman–Crippen MR) is 97.5 cm³/mol. The quantitative estimate of drug-likeness (QED) is 0.555. The summed E-state index contributed by atoms with van der Waals surface area (Å²) in [4.78, 5) is 42.4. The summed E-state index contributed by atoms with van der Waals surface area (Å²) in [7, 11) is 4.01. The van der Waals surface area contributed by atoms with Gasteiger partial charge >= 0.3 is 11.9 Å². The summed E-state index contributed by atoms with van der Waals surface area (Å²) in [5, 5.41) is 0.558. The molecule has 1 amide bonds. The summed E-state index contributed by atoms with van der Waals surface area (Å²) in [5.41, 5.74) is -0.242. The van der Waals surface area contributed by atoms with Crippen LogP contribution in [-0.2, 0) is 23.9 Å². The van der Waals surface area contributed by atoms with Gasteiger partial charge in [-0.2, -0.15) is 0 Å². The smallest absolute Gasteiger partial charge is 0.355 e. The monoisotopic (exact) mass is 411 g/mol. The second-order valence-electron chi connectivity index (χ2n) is 5.70. The maximum absolute atomic E-state index is 13.2. The standard InChI is InChI=1S/C17H15Cl2N3O5/c1-20-6-7-21-13(16(25)27-3)12(15(24)26-2)14(23)22(17(20)21)9-4-5-10(18)11(19)8-9/h4-8,17H,1-3H3. The first-order valence-electron chi connectivity index (χ1n) is 7.70. The molecule has 0 N–H and O–H groups in total. The van der Waals surface area contributed by atoms with Crippen LogP contribution in [0, 0.1) is 0 Å². The van der Waals surface area contributed by atoms with E-state index in [2.05, 4.69) is 0 Å². The van der Waals surface area contributed by atoms with E-state index in [1.165, 1.54) is 29.0 Å². The van der Waals surface area contributed by atoms with Crippen LogP contribution >= 0.6 is 23.2 Å². The number of anilines is 1. The second kappa shape index (κ2) is 7.13. The van der Waals surface area contributed by atoms with Crippen LogP contribution in [0.15, 0.2) is 41.9 Å². The van der Waals surface area contributed by atoms with E-state index >= 15 is 0 Å². The molecule has 3 rings (SSSR count). The Kier molecular flexibility index (Phi) is 5.03. The van der Waals surface area contributed by atoms with E-state index in [1.54, 1.807) is 30.4 Å². The Bertz CT molecular complexity index is 899. The Labute approximate surface area is 165 Å². The molecule has 1 atom stereocenters. The maximum Gasteiger partial charge on any atom is 0.355 e. The Morgan fingerprint density at radius 1 is 1.04 bits per heavy atom. The minimum atomic E-state index is -0.952. The molecule has 0 saturated carbocycles. The SMILES string of the molecule is COC(=O)C1=C(C(=O)OC)N2C=CN(C)C2N(c2ccc(Cl)c(Cl)c2)C1=O. The number of hydrogen-bond donors (Lipinski definition) is 0. The number of rotatable bonds is 3. The van der Waals surface area contributed by atoms with Crippen molar-refractivity contribution in [2.45, 2.75) is 6.29 Å². The topological polar surface area (TPSA) is 79.4 Å². The first-order chi connectivity index (χ1) is 12.8. The molecule has 0 saturated heterocycles. The molecule has 8 nitrogen and oxygen atoms in total. The molecule has 1 aromatic carbocycles. The fraction of sp³-hybridized carbons (Fsp3) is 0.235. The zero-order valence-electron chi connectivity index (χ0n) is 14.6. The summed E-state index contributed by atoms with van der Waals surface area (Å²) in [6.45, 7) is 0. The third-order valence-electron chi connectivity index (χ3n) is 4.18. The summed E-state index contributed by atoms with van der Waals surface area (Å²) < 4.78 is 9.50. The van der Waals surface area contributed by atoms with Crippen molar-refractivity contribution in [1.29, 1.82) is 0 Å². The van der Waals surface area contributed by atoms with Crippen LogP contribution in [0.1, 0.15) is 0 Å². The Hall–Kier alpha value is -2.71. The van der Waals surface area contributed by atoms with Gasteiger partial charge in [-0.3, -0.25) is 9.69 Å². The molecule has 142 valence electrons. The Morgan fingerprint density at radius 3 is 2.30 bits per heavy atom. The number of hydrogen-bond acceptors (Lipinski definition) is 7. The third kappa shape index (κ3) is 3.00. The average Bonchev–Trinajstić information content (AvgIpc) is 3.03. The number of methoxy groups -OCH3 is 2. The second-order valence-corrected chi connectivity index (χ2v) is 6.51. The fourth-order valence-corrected chi connectivity index (χ4v) is 3.25. The molecule has 2 heterocycles. The Morgan fingerprint density at radius 2 is 1.70 bits per heavy atom. The molecule has 1 aromatic rings. The predicted octanol–water partition coefficient (Wildman–Crippen LogP) is 1.94. The Balaban J connectivity index is 2.24. The van der Waals surface area contributed by atoms with E-state index in [0.29, 0.717) is 10.7 Å². The van der Waals surface area contributed by atoms with Gasteiger partial charge in [0.05, 0.1) is 24.3 Å². The van der Waals surface area contributed by atoms with Crippen LogP contribution in [0.4, 0.5) is 5.69 Å². The largest absolute Gasteiger partial charge is 0.465 e. The number of fused-ring (bicyclic) bond motifs is 1. The zero-order valence-corrected chi connectivity index (χ0v) is 16.1. The van der Waals surface area contributed by atoms with Gasteiger partial charge in [0.25, 0.3) is 5.91 Å². The highest BCUT2D eigenvalue weighted by Crippen LogP contribution is 2.37. The van der Waals surface area contributed by atoms with Crippen molar-refractivity contribution in [3.05, 3.63) is 51.9 Å². The van der Waals surface area contributed by atoms with Crippen molar-refractivity contribution in [1.82, 2.24) is 9.80 Å². The number of amides is 1. The van der Waals surface area contributed by atoms with Gasteiger partial charge in [0.2, 0.25) is 0 Å². The molecule has 0 radical (unpaired) electrons. The highest BCUT2D eigenvalue weighted by Gasteiger charge is 2.48. The van der Waals surface area contributed by atoms with Gasteiger partial charge in [-0.25, -0.2) is 9.59 Å². The minimum absolute atomic E-state index is 0.198. The molecular weight excluding hydrogens is 397 g/mol. The van der Waals surface area contributed by atoms with Crippen molar-refractivity contribution in [3.63, 3.8) is 0 Å². The van der Waals surface area contributed by atoms with E-state index in [-0.39, 0.29) is 10.7 Å². The van der Waals surface area contributed by atoms with Crippen molar-refractivity contribution < 1.29 is 23.9 Å². The van der Waals surface area contributed by atoms with E-state index in [1.807, 2.05) is 0 Å². The van der Waals surface area contributed by atoms with Gasteiger partial charge in [0.1, 0.15) is 0 Å². The fourth-order valence-electron chi connectivity index (χ4n) is 2.96. The molecule has 27 heavy (non-hydrogen) atoms. The van der Waals surface area contributed by atoms with Gasteiger partial charge in [0.15, 0.2) is 17.6 Å². The molecule has 0 aromatic heterocycles. The van der Waals surface area contributed by atoms with Crippen LogP contribution < -0.4 is 4.90 Å². The van der Waals surface area contributed by atoms with Crippen molar-refractivity contribution in [3.8, 4) is 0 Å².